The molecule has 1 aliphatic heterocycles. The van der Waals surface area contributed by atoms with E-state index in [4.69, 9.17) is 4.74 Å². The second kappa shape index (κ2) is 6.39. The molecule has 13 heavy (non-hydrogen) atoms. The number of hydrogen-bond acceptors (Lipinski definition) is 2. The van der Waals surface area contributed by atoms with Gasteiger partial charge in [0.25, 0.3) is 0 Å². The van der Waals surface area contributed by atoms with Crippen molar-refractivity contribution in [2.45, 2.75) is 33.1 Å². The van der Waals surface area contributed by atoms with Crippen molar-refractivity contribution in [2.24, 2.45) is 11.8 Å². The fraction of sp³-hybridized carbons (Fsp3) is 1.00. The van der Waals surface area contributed by atoms with Crippen LogP contribution >= 0.6 is 0 Å². The van der Waals surface area contributed by atoms with Crippen molar-refractivity contribution in [2.75, 3.05) is 26.3 Å². The fourth-order valence-electron chi connectivity index (χ4n) is 1.81. The van der Waals surface area contributed by atoms with E-state index in [2.05, 4.69) is 19.2 Å². The van der Waals surface area contributed by atoms with Crippen LogP contribution in [0.3, 0.4) is 0 Å². The van der Waals surface area contributed by atoms with Crippen molar-refractivity contribution in [1.29, 1.82) is 0 Å². The number of nitrogens with one attached hydrogen (secondary N) is 1. The molecule has 2 heteroatoms. The Bertz CT molecular complexity index is 115. The van der Waals surface area contributed by atoms with E-state index >= 15 is 0 Å². The minimum Gasteiger partial charge on any atom is -0.381 e. The summed E-state index contributed by atoms with van der Waals surface area (Å²) in [4.78, 5) is 0. The fourth-order valence-corrected chi connectivity index (χ4v) is 1.81. The van der Waals surface area contributed by atoms with Crippen LogP contribution in [0.5, 0.6) is 0 Å². The zero-order valence-corrected chi connectivity index (χ0v) is 9.01. The maximum Gasteiger partial charge on any atom is 0.0507 e. The van der Waals surface area contributed by atoms with Crippen molar-refractivity contribution < 1.29 is 4.74 Å². The third-order valence-electron chi connectivity index (χ3n) is 3.04. The van der Waals surface area contributed by atoms with Crippen molar-refractivity contribution in [3.05, 3.63) is 0 Å². The zero-order valence-electron chi connectivity index (χ0n) is 9.01. The molecule has 1 N–H and O–H groups in total. The average molecular weight is 185 g/mol. The van der Waals surface area contributed by atoms with E-state index in [0.717, 1.165) is 31.6 Å². The molecule has 1 saturated heterocycles. The molecule has 0 saturated carbocycles. The van der Waals surface area contributed by atoms with Crippen LogP contribution in [-0.2, 0) is 4.74 Å². The van der Waals surface area contributed by atoms with Crippen molar-refractivity contribution >= 4 is 0 Å². The highest BCUT2D eigenvalue weighted by atomic mass is 16.5. The summed E-state index contributed by atoms with van der Waals surface area (Å²) in [5.74, 6) is 1.64. The summed E-state index contributed by atoms with van der Waals surface area (Å²) in [7, 11) is 0. The standard InChI is InChI=1S/C11H23NO/c1-3-10(4-2)7-12-8-11-5-6-13-9-11/h10-12H,3-9H2,1-2H3. The predicted octanol–water partition coefficient (Wildman–Crippen LogP) is 2.05. The second-order valence-corrected chi connectivity index (χ2v) is 4.07. The first-order chi connectivity index (χ1) is 6.36. The van der Waals surface area contributed by atoms with Crippen molar-refractivity contribution in [3.8, 4) is 0 Å². The van der Waals surface area contributed by atoms with Gasteiger partial charge in [0.2, 0.25) is 0 Å². The number of ether oxygens (including phenoxy) is 1. The molecule has 1 atom stereocenters. The van der Waals surface area contributed by atoms with Gasteiger partial charge in [-0.1, -0.05) is 26.7 Å². The monoisotopic (exact) mass is 185 g/mol. The van der Waals surface area contributed by atoms with Gasteiger partial charge in [0.1, 0.15) is 0 Å². The summed E-state index contributed by atoms with van der Waals surface area (Å²) < 4.78 is 5.33. The van der Waals surface area contributed by atoms with Gasteiger partial charge in [-0.2, -0.15) is 0 Å². The van der Waals surface area contributed by atoms with E-state index in [1.807, 2.05) is 0 Å². The molecule has 1 unspecified atom stereocenters. The molecule has 0 aromatic heterocycles. The predicted molar refractivity (Wildman–Crippen MR) is 55.9 cm³/mol. The summed E-state index contributed by atoms with van der Waals surface area (Å²) in [5.41, 5.74) is 0. The third kappa shape index (κ3) is 4.10. The number of hydrogen-bond donors (Lipinski definition) is 1. The van der Waals surface area contributed by atoms with Crippen LogP contribution < -0.4 is 5.32 Å². The van der Waals surface area contributed by atoms with Crippen LogP contribution in [0.1, 0.15) is 33.1 Å². The normalized spacial score (nSPS) is 22.8. The highest BCUT2D eigenvalue weighted by Gasteiger charge is 2.15. The Morgan fingerprint density at radius 3 is 2.69 bits per heavy atom. The summed E-state index contributed by atoms with van der Waals surface area (Å²) in [5, 5.41) is 3.55. The van der Waals surface area contributed by atoms with E-state index < -0.39 is 0 Å². The van der Waals surface area contributed by atoms with Gasteiger partial charge in [-0.3, -0.25) is 0 Å². The van der Waals surface area contributed by atoms with Gasteiger partial charge < -0.3 is 10.1 Å². The molecule has 0 aromatic rings. The maximum atomic E-state index is 5.33. The smallest absolute Gasteiger partial charge is 0.0507 e. The molecule has 0 amide bonds. The Hall–Kier alpha value is -0.0800. The van der Waals surface area contributed by atoms with E-state index in [1.54, 1.807) is 0 Å². The van der Waals surface area contributed by atoms with Gasteiger partial charge in [-0.15, -0.1) is 0 Å². The zero-order chi connectivity index (χ0) is 9.52. The van der Waals surface area contributed by atoms with Gasteiger partial charge in [0, 0.05) is 13.2 Å². The Kier molecular flexibility index (Phi) is 5.40. The Labute approximate surface area is 82.0 Å². The van der Waals surface area contributed by atoms with Crippen LogP contribution in [0, 0.1) is 11.8 Å². The lowest BCUT2D eigenvalue weighted by Gasteiger charge is -2.15. The molecule has 1 rings (SSSR count). The molecule has 1 fully saturated rings. The van der Waals surface area contributed by atoms with E-state index in [9.17, 15) is 0 Å². The van der Waals surface area contributed by atoms with E-state index in [-0.39, 0.29) is 0 Å². The summed E-state index contributed by atoms with van der Waals surface area (Å²) in [6.45, 7) is 8.82. The van der Waals surface area contributed by atoms with Gasteiger partial charge in [-0.25, -0.2) is 0 Å². The van der Waals surface area contributed by atoms with Gasteiger partial charge in [0.15, 0.2) is 0 Å². The molecule has 78 valence electrons. The molecule has 0 aromatic carbocycles. The molecule has 0 aliphatic carbocycles. The molecule has 0 radical (unpaired) electrons. The highest BCUT2D eigenvalue weighted by molar-refractivity contribution is 4.68. The lowest BCUT2D eigenvalue weighted by molar-refractivity contribution is 0.185. The number of rotatable bonds is 6. The first-order valence-corrected chi connectivity index (χ1v) is 5.65. The van der Waals surface area contributed by atoms with Crippen LogP contribution in [-0.4, -0.2) is 26.3 Å². The average Bonchev–Trinajstić information content (AvgIpc) is 2.65. The van der Waals surface area contributed by atoms with Crippen LogP contribution in [0.4, 0.5) is 0 Å². The molecule has 0 bridgehead atoms. The molecule has 1 heterocycles. The lowest BCUT2D eigenvalue weighted by Crippen LogP contribution is -2.28. The maximum absolute atomic E-state index is 5.33. The van der Waals surface area contributed by atoms with Crippen molar-refractivity contribution in [3.63, 3.8) is 0 Å². The lowest BCUT2D eigenvalue weighted by atomic mass is 10.0. The van der Waals surface area contributed by atoms with Gasteiger partial charge in [0.05, 0.1) is 6.61 Å². The highest BCUT2D eigenvalue weighted by Crippen LogP contribution is 2.11. The topological polar surface area (TPSA) is 21.3 Å². The summed E-state index contributed by atoms with van der Waals surface area (Å²) in [6, 6.07) is 0. The first-order valence-electron chi connectivity index (χ1n) is 5.65. The summed E-state index contributed by atoms with van der Waals surface area (Å²) in [6.07, 6.45) is 3.84. The van der Waals surface area contributed by atoms with Crippen LogP contribution in [0.2, 0.25) is 0 Å². The third-order valence-corrected chi connectivity index (χ3v) is 3.04. The molecular formula is C11H23NO. The van der Waals surface area contributed by atoms with Gasteiger partial charge >= 0.3 is 0 Å². The molecule has 2 nitrogen and oxygen atoms in total. The largest absolute Gasteiger partial charge is 0.381 e. The minimum atomic E-state index is 0.773. The molecule has 0 spiro atoms. The minimum absolute atomic E-state index is 0.773. The first kappa shape index (κ1) is 11.0. The van der Waals surface area contributed by atoms with Gasteiger partial charge in [-0.05, 0) is 24.8 Å². The Balaban J connectivity index is 1.98. The molecule has 1 aliphatic rings. The SMILES string of the molecule is CCC(CC)CNCC1CCOC1. The summed E-state index contributed by atoms with van der Waals surface area (Å²) >= 11 is 0. The Morgan fingerprint density at radius 1 is 1.38 bits per heavy atom. The Morgan fingerprint density at radius 2 is 2.15 bits per heavy atom. The van der Waals surface area contributed by atoms with Crippen LogP contribution in [0.25, 0.3) is 0 Å². The van der Waals surface area contributed by atoms with Crippen LogP contribution in [0.15, 0.2) is 0 Å². The quantitative estimate of drug-likeness (QED) is 0.684. The van der Waals surface area contributed by atoms with Crippen molar-refractivity contribution in [1.82, 2.24) is 5.32 Å². The van der Waals surface area contributed by atoms with E-state index in [0.29, 0.717) is 0 Å². The molecular weight excluding hydrogens is 162 g/mol. The van der Waals surface area contributed by atoms with E-state index in [1.165, 1.54) is 25.8 Å². The second-order valence-electron chi connectivity index (χ2n) is 4.07.